The molecule has 1 amide bonds. The average molecular weight is 283 g/mol. The molecule has 19 heavy (non-hydrogen) atoms. The Bertz CT molecular complexity index is 498. The van der Waals surface area contributed by atoms with E-state index >= 15 is 0 Å². The molecule has 0 aromatic carbocycles. The summed E-state index contributed by atoms with van der Waals surface area (Å²) in [5, 5.41) is 12.0. The van der Waals surface area contributed by atoms with E-state index < -0.39 is 11.5 Å². The van der Waals surface area contributed by atoms with Gasteiger partial charge in [-0.05, 0) is 25.0 Å². The van der Waals surface area contributed by atoms with Crippen LogP contribution in [-0.4, -0.2) is 27.5 Å². The lowest BCUT2D eigenvalue weighted by atomic mass is 9.93. The van der Waals surface area contributed by atoms with Crippen molar-refractivity contribution in [1.82, 2.24) is 10.3 Å². The van der Waals surface area contributed by atoms with Crippen LogP contribution < -0.4 is 5.32 Å². The quantitative estimate of drug-likeness (QED) is 0.830. The number of amides is 1. The van der Waals surface area contributed by atoms with Crippen LogP contribution in [0.4, 0.5) is 0 Å². The van der Waals surface area contributed by atoms with Gasteiger partial charge in [-0.3, -0.25) is 9.59 Å². The zero-order chi connectivity index (χ0) is 13.9. The van der Waals surface area contributed by atoms with E-state index in [1.165, 1.54) is 0 Å². The Kier molecular flexibility index (Phi) is 4.04. The maximum atomic E-state index is 12.1. The summed E-state index contributed by atoms with van der Waals surface area (Å²) in [6.07, 6.45) is 3.17. The summed E-state index contributed by atoms with van der Waals surface area (Å²) in [6, 6.07) is 4.79. The van der Waals surface area contributed by atoms with E-state index in [1.807, 2.05) is 0 Å². The van der Waals surface area contributed by atoms with Crippen LogP contribution in [-0.2, 0) is 4.79 Å². The Morgan fingerprint density at radius 2 is 2.05 bits per heavy atom. The van der Waals surface area contributed by atoms with E-state index in [2.05, 4.69) is 10.3 Å². The predicted octanol–water partition coefficient (Wildman–Crippen LogP) is 2.25. The predicted molar refractivity (Wildman–Crippen MR) is 70.2 cm³/mol. The molecule has 0 atom stereocenters. The number of carboxylic acid groups (broad SMARTS) is 1. The molecule has 1 aliphatic carbocycles. The lowest BCUT2D eigenvalue weighted by Crippen LogP contribution is -2.48. The van der Waals surface area contributed by atoms with Crippen LogP contribution >= 0.6 is 11.6 Å². The Hall–Kier alpha value is -1.62. The Morgan fingerprint density at radius 1 is 1.37 bits per heavy atom. The van der Waals surface area contributed by atoms with Gasteiger partial charge in [0, 0.05) is 0 Å². The van der Waals surface area contributed by atoms with Crippen molar-refractivity contribution >= 4 is 23.5 Å². The standard InChI is InChI=1S/C13H15ClN2O3/c14-10-5-3-4-9(15-10)12(19)16-13(8-11(17)18)6-1-2-7-13/h3-5H,1-2,6-8H2,(H,16,19)(H,17,18). The average Bonchev–Trinajstić information content (AvgIpc) is 2.76. The number of nitrogens with zero attached hydrogens (tertiary/aromatic N) is 1. The second kappa shape index (κ2) is 5.57. The smallest absolute Gasteiger partial charge is 0.305 e. The highest BCUT2D eigenvalue weighted by Crippen LogP contribution is 2.32. The Labute approximate surface area is 116 Å². The first-order valence-corrected chi connectivity index (χ1v) is 6.55. The molecule has 0 radical (unpaired) electrons. The van der Waals surface area contributed by atoms with Crippen LogP contribution in [0.25, 0.3) is 0 Å². The Morgan fingerprint density at radius 3 is 2.63 bits per heavy atom. The molecular formula is C13H15ClN2O3. The molecule has 1 aromatic heterocycles. The lowest BCUT2D eigenvalue weighted by molar-refractivity contribution is -0.138. The summed E-state index contributed by atoms with van der Waals surface area (Å²) in [5.41, 5.74) is -0.434. The summed E-state index contributed by atoms with van der Waals surface area (Å²) >= 11 is 5.74. The molecule has 0 unspecified atom stereocenters. The van der Waals surface area contributed by atoms with Gasteiger partial charge in [0.2, 0.25) is 0 Å². The number of aliphatic carboxylic acids is 1. The number of rotatable bonds is 4. The van der Waals surface area contributed by atoms with Gasteiger partial charge in [0.05, 0.1) is 12.0 Å². The van der Waals surface area contributed by atoms with Crippen molar-refractivity contribution in [3.05, 3.63) is 29.0 Å². The highest BCUT2D eigenvalue weighted by Gasteiger charge is 2.37. The van der Waals surface area contributed by atoms with Gasteiger partial charge in [-0.2, -0.15) is 0 Å². The molecule has 0 aliphatic heterocycles. The van der Waals surface area contributed by atoms with Crippen LogP contribution in [0.1, 0.15) is 42.6 Å². The van der Waals surface area contributed by atoms with Gasteiger partial charge in [-0.1, -0.05) is 30.5 Å². The number of halogens is 1. The molecule has 1 fully saturated rings. The van der Waals surface area contributed by atoms with Gasteiger partial charge < -0.3 is 10.4 Å². The van der Waals surface area contributed by atoms with Gasteiger partial charge in [0.1, 0.15) is 10.8 Å². The van der Waals surface area contributed by atoms with Gasteiger partial charge in [0.25, 0.3) is 5.91 Å². The minimum absolute atomic E-state index is 0.0562. The molecule has 1 aliphatic rings. The SMILES string of the molecule is O=C(O)CC1(NC(=O)c2cccc(Cl)n2)CCCC1. The summed E-state index contributed by atoms with van der Waals surface area (Å²) in [6.45, 7) is 0. The van der Waals surface area contributed by atoms with Crippen molar-refractivity contribution in [2.75, 3.05) is 0 Å². The van der Waals surface area contributed by atoms with Gasteiger partial charge in [-0.15, -0.1) is 0 Å². The maximum absolute atomic E-state index is 12.1. The second-order valence-corrected chi connectivity index (χ2v) is 5.24. The molecular weight excluding hydrogens is 268 g/mol. The minimum Gasteiger partial charge on any atom is -0.481 e. The second-order valence-electron chi connectivity index (χ2n) is 4.86. The molecule has 1 heterocycles. The van der Waals surface area contributed by atoms with E-state index in [0.717, 1.165) is 12.8 Å². The van der Waals surface area contributed by atoms with Crippen molar-refractivity contribution in [3.8, 4) is 0 Å². The van der Waals surface area contributed by atoms with Crippen LogP contribution in [0.5, 0.6) is 0 Å². The van der Waals surface area contributed by atoms with E-state index in [4.69, 9.17) is 16.7 Å². The normalized spacial score (nSPS) is 17.1. The van der Waals surface area contributed by atoms with E-state index in [1.54, 1.807) is 18.2 Å². The monoisotopic (exact) mass is 282 g/mol. The van der Waals surface area contributed by atoms with Crippen LogP contribution in [0.15, 0.2) is 18.2 Å². The number of hydrogen-bond donors (Lipinski definition) is 2. The van der Waals surface area contributed by atoms with Crippen molar-refractivity contribution < 1.29 is 14.7 Å². The van der Waals surface area contributed by atoms with E-state index in [-0.39, 0.29) is 23.2 Å². The first-order chi connectivity index (χ1) is 9.01. The lowest BCUT2D eigenvalue weighted by Gasteiger charge is -2.28. The number of carboxylic acids is 1. The molecule has 6 heteroatoms. The molecule has 2 rings (SSSR count). The largest absolute Gasteiger partial charge is 0.481 e. The van der Waals surface area contributed by atoms with E-state index in [9.17, 15) is 9.59 Å². The van der Waals surface area contributed by atoms with Crippen LogP contribution in [0.2, 0.25) is 5.15 Å². The number of hydrogen-bond acceptors (Lipinski definition) is 3. The number of carbonyl (C=O) groups excluding carboxylic acids is 1. The summed E-state index contributed by atoms with van der Waals surface area (Å²) < 4.78 is 0. The molecule has 0 saturated heterocycles. The minimum atomic E-state index is -0.902. The van der Waals surface area contributed by atoms with Crippen LogP contribution in [0, 0.1) is 0 Å². The summed E-state index contributed by atoms with van der Waals surface area (Å²) in [7, 11) is 0. The first-order valence-electron chi connectivity index (χ1n) is 6.18. The highest BCUT2D eigenvalue weighted by atomic mass is 35.5. The van der Waals surface area contributed by atoms with Crippen molar-refractivity contribution in [3.63, 3.8) is 0 Å². The van der Waals surface area contributed by atoms with Crippen molar-refractivity contribution in [2.45, 2.75) is 37.6 Å². The fourth-order valence-corrected chi connectivity index (χ4v) is 2.69. The topological polar surface area (TPSA) is 79.3 Å². The van der Waals surface area contributed by atoms with Gasteiger partial charge in [0.15, 0.2) is 0 Å². The van der Waals surface area contributed by atoms with Crippen molar-refractivity contribution in [1.29, 1.82) is 0 Å². The van der Waals surface area contributed by atoms with E-state index in [0.29, 0.717) is 12.8 Å². The number of carbonyl (C=O) groups is 2. The zero-order valence-corrected chi connectivity index (χ0v) is 11.1. The number of pyridine rings is 1. The third-order valence-corrected chi connectivity index (χ3v) is 3.59. The molecule has 0 bridgehead atoms. The molecule has 0 spiro atoms. The Balaban J connectivity index is 2.13. The third-order valence-electron chi connectivity index (χ3n) is 3.38. The summed E-state index contributed by atoms with van der Waals surface area (Å²) in [5.74, 6) is -1.27. The fraction of sp³-hybridized carbons (Fsp3) is 0.462. The third kappa shape index (κ3) is 3.44. The van der Waals surface area contributed by atoms with Gasteiger partial charge >= 0.3 is 5.97 Å². The molecule has 1 saturated carbocycles. The fourth-order valence-electron chi connectivity index (χ4n) is 2.53. The number of aromatic nitrogens is 1. The van der Waals surface area contributed by atoms with Gasteiger partial charge in [-0.25, -0.2) is 4.98 Å². The molecule has 5 nitrogen and oxygen atoms in total. The molecule has 1 aromatic rings. The summed E-state index contributed by atoms with van der Waals surface area (Å²) in [4.78, 5) is 27.0. The highest BCUT2D eigenvalue weighted by molar-refractivity contribution is 6.29. The first kappa shape index (κ1) is 13.8. The maximum Gasteiger partial charge on any atom is 0.305 e. The molecule has 2 N–H and O–H groups in total. The van der Waals surface area contributed by atoms with Crippen LogP contribution in [0.3, 0.4) is 0 Å². The van der Waals surface area contributed by atoms with Crippen molar-refractivity contribution in [2.24, 2.45) is 0 Å². The molecule has 102 valence electrons. The zero-order valence-electron chi connectivity index (χ0n) is 10.4. The number of nitrogens with one attached hydrogen (secondary N) is 1.